The third-order valence-corrected chi connectivity index (χ3v) is 4.94. The lowest BCUT2D eigenvalue weighted by atomic mass is 10.1. The van der Waals surface area contributed by atoms with Crippen molar-refractivity contribution in [2.45, 2.75) is 117 Å². The van der Waals surface area contributed by atoms with Crippen LogP contribution in [0.4, 0.5) is 0 Å². The summed E-state index contributed by atoms with van der Waals surface area (Å²) >= 11 is 0. The van der Waals surface area contributed by atoms with E-state index in [2.05, 4.69) is 20.0 Å². The maximum atomic E-state index is 12.8. The Balaban J connectivity index is 5.07. The van der Waals surface area contributed by atoms with E-state index < -0.39 is 14.6 Å². The summed E-state index contributed by atoms with van der Waals surface area (Å²) < 4.78 is 7.67. The first-order chi connectivity index (χ1) is 10.9. The SMILES string of the molecule is CCCCCCCC(C(=O)OC(C)(C)C)N(OC(C)(C)C)[SiH](C)C. The zero-order chi connectivity index (χ0) is 19.0. The molecule has 0 saturated carbocycles. The lowest BCUT2D eigenvalue weighted by Crippen LogP contribution is -2.52. The number of hydrogen-bond acceptors (Lipinski definition) is 4. The minimum absolute atomic E-state index is 0.150. The average molecular weight is 360 g/mol. The third kappa shape index (κ3) is 11.2. The molecule has 0 aromatic heterocycles. The summed E-state index contributed by atoms with van der Waals surface area (Å²) in [6, 6.07) is -0.295. The van der Waals surface area contributed by atoms with Crippen LogP contribution in [0.5, 0.6) is 0 Å². The second kappa shape index (κ2) is 10.6. The van der Waals surface area contributed by atoms with Gasteiger partial charge in [0.25, 0.3) is 0 Å². The largest absolute Gasteiger partial charge is 0.459 e. The Morgan fingerprint density at radius 1 is 0.958 bits per heavy atom. The van der Waals surface area contributed by atoms with Crippen molar-refractivity contribution in [1.29, 1.82) is 0 Å². The van der Waals surface area contributed by atoms with E-state index in [4.69, 9.17) is 9.57 Å². The van der Waals surface area contributed by atoms with Crippen molar-refractivity contribution in [1.82, 2.24) is 4.73 Å². The fraction of sp³-hybridized carbons (Fsp3) is 0.947. The molecule has 0 radical (unpaired) electrons. The number of ether oxygens (including phenoxy) is 1. The van der Waals surface area contributed by atoms with E-state index in [0.29, 0.717) is 0 Å². The first-order valence-corrected chi connectivity index (χ1v) is 12.4. The van der Waals surface area contributed by atoms with Crippen molar-refractivity contribution in [3.05, 3.63) is 0 Å². The van der Waals surface area contributed by atoms with Gasteiger partial charge in [0.2, 0.25) is 0 Å². The fourth-order valence-electron chi connectivity index (χ4n) is 2.51. The molecule has 4 nitrogen and oxygen atoms in total. The van der Waals surface area contributed by atoms with Crippen LogP contribution in [0.15, 0.2) is 0 Å². The minimum atomic E-state index is -1.32. The van der Waals surface area contributed by atoms with Crippen molar-refractivity contribution in [2.24, 2.45) is 0 Å². The first kappa shape index (κ1) is 23.6. The van der Waals surface area contributed by atoms with Gasteiger partial charge in [-0.2, -0.15) is 0 Å². The van der Waals surface area contributed by atoms with E-state index in [1.807, 2.05) is 46.3 Å². The van der Waals surface area contributed by atoms with E-state index in [9.17, 15) is 4.79 Å². The average Bonchev–Trinajstić information content (AvgIpc) is 2.37. The van der Waals surface area contributed by atoms with Crippen LogP contribution >= 0.6 is 0 Å². The van der Waals surface area contributed by atoms with E-state index in [0.717, 1.165) is 19.3 Å². The Bertz CT molecular complexity index is 359. The van der Waals surface area contributed by atoms with Gasteiger partial charge < -0.3 is 9.57 Å². The molecule has 5 heteroatoms. The number of hydrogen-bond donors (Lipinski definition) is 0. The van der Waals surface area contributed by atoms with Gasteiger partial charge >= 0.3 is 5.97 Å². The molecule has 0 rings (SSSR count). The maximum absolute atomic E-state index is 12.8. The Labute approximate surface area is 151 Å². The number of nitrogens with zero attached hydrogens (tertiary/aromatic N) is 1. The molecule has 0 amide bonds. The number of esters is 1. The topological polar surface area (TPSA) is 38.8 Å². The summed E-state index contributed by atoms with van der Waals surface area (Å²) in [6.07, 6.45) is 6.73. The zero-order valence-corrected chi connectivity index (χ0v) is 18.7. The van der Waals surface area contributed by atoms with Gasteiger partial charge in [0, 0.05) is 0 Å². The van der Waals surface area contributed by atoms with E-state index in [-0.39, 0.29) is 17.6 Å². The van der Waals surface area contributed by atoms with Crippen molar-refractivity contribution in [3.8, 4) is 0 Å². The fourth-order valence-corrected chi connectivity index (χ4v) is 4.02. The van der Waals surface area contributed by atoms with Gasteiger partial charge in [-0.3, -0.25) is 4.79 Å². The van der Waals surface area contributed by atoms with Crippen LogP contribution in [0.1, 0.15) is 87.0 Å². The van der Waals surface area contributed by atoms with Gasteiger partial charge in [0.1, 0.15) is 20.6 Å². The molecular weight excluding hydrogens is 318 g/mol. The highest BCUT2D eigenvalue weighted by atomic mass is 28.3. The molecule has 0 aliphatic heterocycles. The summed E-state index contributed by atoms with van der Waals surface area (Å²) in [5, 5.41) is 0. The molecule has 0 fully saturated rings. The van der Waals surface area contributed by atoms with Gasteiger partial charge in [-0.15, -0.1) is 0 Å². The monoisotopic (exact) mass is 359 g/mol. The van der Waals surface area contributed by atoms with Crippen LogP contribution in [0.25, 0.3) is 0 Å². The van der Waals surface area contributed by atoms with Crippen LogP contribution in [0.3, 0.4) is 0 Å². The van der Waals surface area contributed by atoms with Crippen LogP contribution in [0.2, 0.25) is 13.1 Å². The molecule has 0 aliphatic carbocycles. The molecule has 1 atom stereocenters. The Kier molecular flexibility index (Phi) is 10.4. The summed E-state index contributed by atoms with van der Waals surface area (Å²) in [7, 11) is -1.32. The summed E-state index contributed by atoms with van der Waals surface area (Å²) in [6.45, 7) is 18.5. The second-order valence-corrected chi connectivity index (χ2v) is 11.6. The van der Waals surface area contributed by atoms with E-state index in [1.165, 1.54) is 19.3 Å². The molecule has 1 unspecified atom stereocenters. The van der Waals surface area contributed by atoms with E-state index >= 15 is 0 Å². The normalized spacial score (nSPS) is 14.3. The molecular formula is C19H41NO3Si. The summed E-state index contributed by atoms with van der Waals surface area (Å²) in [4.78, 5) is 19.0. The Morgan fingerprint density at radius 2 is 1.50 bits per heavy atom. The molecule has 0 spiro atoms. The molecule has 0 saturated heterocycles. The van der Waals surface area contributed by atoms with Crippen LogP contribution in [-0.4, -0.2) is 36.9 Å². The van der Waals surface area contributed by atoms with Gasteiger partial charge in [0.15, 0.2) is 0 Å². The van der Waals surface area contributed by atoms with Crippen molar-refractivity contribution in [3.63, 3.8) is 0 Å². The first-order valence-electron chi connectivity index (χ1n) is 9.57. The van der Waals surface area contributed by atoms with Gasteiger partial charge in [-0.25, -0.2) is 4.73 Å². The van der Waals surface area contributed by atoms with Gasteiger partial charge in [0.05, 0.1) is 5.60 Å². The van der Waals surface area contributed by atoms with Gasteiger partial charge in [-0.05, 0) is 48.0 Å². The maximum Gasteiger partial charge on any atom is 0.325 e. The van der Waals surface area contributed by atoms with E-state index in [1.54, 1.807) is 0 Å². The molecule has 0 N–H and O–H groups in total. The third-order valence-electron chi connectivity index (χ3n) is 3.46. The summed E-state index contributed by atoms with van der Waals surface area (Å²) in [5.41, 5.74) is -0.775. The number of rotatable bonds is 10. The van der Waals surface area contributed by atoms with Crippen molar-refractivity contribution < 1.29 is 14.4 Å². The quantitative estimate of drug-likeness (QED) is 0.236. The molecule has 24 heavy (non-hydrogen) atoms. The Hall–Kier alpha value is -0.393. The highest BCUT2D eigenvalue weighted by Gasteiger charge is 2.34. The molecule has 0 aliphatic rings. The predicted molar refractivity (Wildman–Crippen MR) is 105 cm³/mol. The highest BCUT2D eigenvalue weighted by Crippen LogP contribution is 2.22. The summed E-state index contributed by atoms with van der Waals surface area (Å²) in [5.74, 6) is -0.150. The number of unbranched alkanes of at least 4 members (excludes halogenated alkanes) is 4. The second-order valence-electron chi connectivity index (χ2n) is 8.91. The molecule has 0 aromatic rings. The zero-order valence-electron chi connectivity index (χ0n) is 17.6. The predicted octanol–water partition coefficient (Wildman–Crippen LogP) is 5.07. The van der Waals surface area contributed by atoms with Crippen LogP contribution in [0, 0.1) is 0 Å². The molecule has 144 valence electrons. The minimum Gasteiger partial charge on any atom is -0.459 e. The smallest absolute Gasteiger partial charge is 0.325 e. The molecule has 0 aromatic carbocycles. The van der Waals surface area contributed by atoms with Crippen LogP contribution < -0.4 is 0 Å². The number of hydroxylamine groups is 1. The van der Waals surface area contributed by atoms with Gasteiger partial charge in [-0.1, -0.05) is 52.1 Å². The lowest BCUT2D eigenvalue weighted by Gasteiger charge is -2.38. The number of carbonyl (C=O) groups is 1. The highest BCUT2D eigenvalue weighted by molar-refractivity contribution is 6.52. The Morgan fingerprint density at radius 3 is 1.92 bits per heavy atom. The molecule has 0 heterocycles. The standard InChI is InChI=1S/C19H41NO3Si/c1-10-11-12-13-14-15-16(17(21)22-18(2,3)4)20(24(8)9)23-19(5,6)7/h16,24H,10-15H2,1-9H3. The number of carbonyl (C=O) groups excluding carboxylic acids is 1. The van der Waals surface area contributed by atoms with Crippen LogP contribution in [-0.2, 0) is 14.4 Å². The van der Waals surface area contributed by atoms with Crippen molar-refractivity contribution >= 4 is 14.9 Å². The molecule has 0 bridgehead atoms. The lowest BCUT2D eigenvalue weighted by molar-refractivity contribution is -0.212. The van der Waals surface area contributed by atoms with Crippen molar-refractivity contribution in [2.75, 3.05) is 0 Å².